The SMILES string of the molecule is Cc1cc(Br)c(F)c(C(=O)C(=O)O)c1F. The quantitative estimate of drug-likeness (QED) is 0.513. The third-order valence-electron chi connectivity index (χ3n) is 1.76. The van der Waals surface area contributed by atoms with E-state index in [4.69, 9.17) is 5.11 Å². The molecule has 1 aromatic carbocycles. The molecule has 0 fully saturated rings. The second kappa shape index (κ2) is 4.06. The summed E-state index contributed by atoms with van der Waals surface area (Å²) in [5.74, 6) is -5.85. The van der Waals surface area contributed by atoms with Gasteiger partial charge in [0.15, 0.2) is 5.82 Å². The maximum atomic E-state index is 13.3. The van der Waals surface area contributed by atoms with Crippen molar-refractivity contribution < 1.29 is 23.5 Å². The predicted octanol–water partition coefficient (Wildman–Crippen LogP) is 2.30. The van der Waals surface area contributed by atoms with Gasteiger partial charge in [-0.05, 0) is 34.5 Å². The zero-order chi connectivity index (χ0) is 11.7. The minimum Gasteiger partial charge on any atom is -0.475 e. The topological polar surface area (TPSA) is 54.4 Å². The standard InChI is InChI=1S/C9H5BrF2O3/c1-3-2-4(10)7(12)5(6(3)11)8(13)9(14)15/h2H,1H3,(H,14,15). The number of aryl methyl sites for hydroxylation is 1. The molecule has 15 heavy (non-hydrogen) atoms. The van der Waals surface area contributed by atoms with Crippen LogP contribution in [0.15, 0.2) is 10.5 Å². The average molecular weight is 279 g/mol. The molecule has 0 atom stereocenters. The highest BCUT2D eigenvalue weighted by Gasteiger charge is 2.26. The molecule has 1 aromatic rings. The molecule has 0 saturated heterocycles. The van der Waals surface area contributed by atoms with Crippen LogP contribution in [0.2, 0.25) is 0 Å². The zero-order valence-corrected chi connectivity index (χ0v) is 9.06. The molecule has 0 heterocycles. The first-order chi connectivity index (χ1) is 6.86. The molecule has 0 saturated carbocycles. The number of aliphatic carboxylic acids is 1. The highest BCUT2D eigenvalue weighted by Crippen LogP contribution is 2.25. The van der Waals surface area contributed by atoms with Crippen molar-refractivity contribution in [3.8, 4) is 0 Å². The summed E-state index contributed by atoms with van der Waals surface area (Å²) in [6.45, 7) is 1.30. The van der Waals surface area contributed by atoms with E-state index >= 15 is 0 Å². The minimum absolute atomic E-state index is 0.00660. The number of rotatable bonds is 2. The summed E-state index contributed by atoms with van der Waals surface area (Å²) in [7, 11) is 0. The number of carboxylic acids is 1. The van der Waals surface area contributed by atoms with Gasteiger partial charge in [0.25, 0.3) is 5.78 Å². The summed E-state index contributed by atoms with van der Waals surface area (Å²) in [6, 6.07) is 1.13. The van der Waals surface area contributed by atoms with Crippen LogP contribution in [0.25, 0.3) is 0 Å². The van der Waals surface area contributed by atoms with Crippen molar-refractivity contribution in [1.29, 1.82) is 0 Å². The van der Waals surface area contributed by atoms with Crippen molar-refractivity contribution in [3.63, 3.8) is 0 Å². The van der Waals surface area contributed by atoms with E-state index in [2.05, 4.69) is 15.9 Å². The normalized spacial score (nSPS) is 10.1. The summed E-state index contributed by atoms with van der Waals surface area (Å²) < 4.78 is 26.4. The maximum Gasteiger partial charge on any atom is 0.377 e. The third kappa shape index (κ3) is 2.04. The van der Waals surface area contributed by atoms with Crippen molar-refractivity contribution in [1.82, 2.24) is 0 Å². The van der Waals surface area contributed by atoms with Gasteiger partial charge in [-0.1, -0.05) is 0 Å². The molecule has 3 nitrogen and oxygen atoms in total. The Hall–Kier alpha value is -1.30. The van der Waals surface area contributed by atoms with Crippen molar-refractivity contribution in [2.75, 3.05) is 0 Å². The smallest absolute Gasteiger partial charge is 0.377 e. The molecule has 0 bridgehead atoms. The molecule has 1 N–H and O–H groups in total. The Balaban J connectivity index is 3.53. The Bertz CT molecular complexity index is 431. The fraction of sp³-hybridized carbons (Fsp3) is 0.111. The van der Waals surface area contributed by atoms with Crippen LogP contribution in [0.4, 0.5) is 8.78 Å². The first-order valence-corrected chi connectivity index (χ1v) is 4.57. The van der Waals surface area contributed by atoms with E-state index in [1.807, 2.05) is 0 Å². The molecular formula is C9H5BrF2O3. The first kappa shape index (κ1) is 11.8. The van der Waals surface area contributed by atoms with Crippen molar-refractivity contribution in [3.05, 3.63) is 33.3 Å². The van der Waals surface area contributed by atoms with Gasteiger partial charge in [-0.15, -0.1) is 0 Å². The molecule has 0 radical (unpaired) electrons. The van der Waals surface area contributed by atoms with Crippen molar-refractivity contribution in [2.45, 2.75) is 6.92 Å². The number of Topliss-reactive ketones (excluding diaryl/α,β-unsaturated/α-hetero) is 1. The van der Waals surface area contributed by atoms with Crippen LogP contribution < -0.4 is 0 Å². The Labute approximate surface area is 91.8 Å². The van der Waals surface area contributed by atoms with E-state index in [0.717, 1.165) is 6.07 Å². The lowest BCUT2D eigenvalue weighted by atomic mass is 10.1. The van der Waals surface area contributed by atoms with Crippen LogP contribution in [0.1, 0.15) is 15.9 Å². The van der Waals surface area contributed by atoms with E-state index < -0.39 is 29.0 Å². The summed E-state index contributed by atoms with van der Waals surface area (Å²) >= 11 is 2.76. The van der Waals surface area contributed by atoms with Crippen molar-refractivity contribution in [2.24, 2.45) is 0 Å². The molecule has 0 unspecified atom stereocenters. The maximum absolute atomic E-state index is 13.3. The number of carboxylic acid groups (broad SMARTS) is 1. The second-order valence-electron chi connectivity index (χ2n) is 2.81. The van der Waals surface area contributed by atoms with Crippen LogP contribution in [0.5, 0.6) is 0 Å². The number of ketones is 1. The van der Waals surface area contributed by atoms with E-state index in [0.29, 0.717) is 0 Å². The molecule has 0 amide bonds. The van der Waals surface area contributed by atoms with Gasteiger partial charge in [-0.2, -0.15) is 0 Å². The van der Waals surface area contributed by atoms with Crippen LogP contribution in [-0.4, -0.2) is 16.9 Å². The van der Waals surface area contributed by atoms with Crippen LogP contribution >= 0.6 is 15.9 Å². The highest BCUT2D eigenvalue weighted by atomic mass is 79.9. The molecule has 80 valence electrons. The Morgan fingerprint density at radius 1 is 1.33 bits per heavy atom. The van der Waals surface area contributed by atoms with Gasteiger partial charge < -0.3 is 5.11 Å². The highest BCUT2D eigenvalue weighted by molar-refractivity contribution is 9.10. The van der Waals surface area contributed by atoms with Gasteiger partial charge in [0.05, 0.1) is 4.47 Å². The Morgan fingerprint density at radius 3 is 2.33 bits per heavy atom. The average Bonchev–Trinajstić information content (AvgIpc) is 2.15. The lowest BCUT2D eigenvalue weighted by Gasteiger charge is -2.05. The molecule has 6 heteroatoms. The number of hydrogen-bond donors (Lipinski definition) is 1. The fourth-order valence-corrected chi connectivity index (χ4v) is 1.58. The van der Waals surface area contributed by atoms with Gasteiger partial charge >= 0.3 is 5.97 Å². The third-order valence-corrected chi connectivity index (χ3v) is 2.34. The Morgan fingerprint density at radius 2 is 1.87 bits per heavy atom. The van der Waals surface area contributed by atoms with E-state index in [1.54, 1.807) is 0 Å². The zero-order valence-electron chi connectivity index (χ0n) is 7.47. The van der Waals surface area contributed by atoms with E-state index in [9.17, 15) is 18.4 Å². The summed E-state index contributed by atoms with van der Waals surface area (Å²) in [4.78, 5) is 21.3. The summed E-state index contributed by atoms with van der Waals surface area (Å²) in [5, 5.41) is 8.37. The van der Waals surface area contributed by atoms with Crippen LogP contribution in [0.3, 0.4) is 0 Å². The Kier molecular flexibility index (Phi) is 3.18. The molecule has 0 aliphatic rings. The number of hydrogen-bond acceptors (Lipinski definition) is 2. The number of halogens is 3. The van der Waals surface area contributed by atoms with Gasteiger partial charge in [0.2, 0.25) is 0 Å². The first-order valence-electron chi connectivity index (χ1n) is 3.78. The molecule has 0 aromatic heterocycles. The molecule has 0 aliphatic carbocycles. The molecule has 0 spiro atoms. The van der Waals surface area contributed by atoms with Gasteiger partial charge in [-0.25, -0.2) is 13.6 Å². The summed E-state index contributed by atoms with van der Waals surface area (Å²) in [6.07, 6.45) is 0. The van der Waals surface area contributed by atoms with Gasteiger partial charge in [0, 0.05) is 0 Å². The monoisotopic (exact) mass is 278 g/mol. The van der Waals surface area contributed by atoms with Gasteiger partial charge in [0.1, 0.15) is 11.4 Å². The number of benzene rings is 1. The second-order valence-corrected chi connectivity index (χ2v) is 3.67. The minimum atomic E-state index is -1.90. The van der Waals surface area contributed by atoms with Gasteiger partial charge in [-0.3, -0.25) is 4.79 Å². The molecule has 0 aliphatic heterocycles. The van der Waals surface area contributed by atoms with Crippen LogP contribution in [0, 0.1) is 18.6 Å². The number of carbonyl (C=O) groups excluding carboxylic acids is 1. The van der Waals surface area contributed by atoms with E-state index in [-0.39, 0.29) is 10.0 Å². The predicted molar refractivity (Wildman–Crippen MR) is 50.8 cm³/mol. The summed E-state index contributed by atoms with van der Waals surface area (Å²) in [5.41, 5.74) is -1.05. The fourth-order valence-electron chi connectivity index (χ4n) is 1.04. The lowest BCUT2D eigenvalue weighted by molar-refractivity contribution is -0.131. The largest absolute Gasteiger partial charge is 0.475 e. The molecular weight excluding hydrogens is 274 g/mol. The number of carbonyl (C=O) groups is 2. The lowest BCUT2D eigenvalue weighted by Crippen LogP contribution is -2.17. The van der Waals surface area contributed by atoms with E-state index in [1.165, 1.54) is 6.92 Å². The molecule has 1 rings (SSSR count). The van der Waals surface area contributed by atoms with Crippen molar-refractivity contribution >= 4 is 27.7 Å². The van der Waals surface area contributed by atoms with Crippen LogP contribution in [-0.2, 0) is 4.79 Å².